The van der Waals surface area contributed by atoms with E-state index < -0.39 is 5.91 Å². The molecule has 0 unspecified atom stereocenters. The Morgan fingerprint density at radius 3 is 2.82 bits per heavy atom. The fourth-order valence-electron chi connectivity index (χ4n) is 3.15. The predicted molar refractivity (Wildman–Crippen MR) is 102 cm³/mol. The zero-order valence-corrected chi connectivity index (χ0v) is 15.1. The fraction of sp³-hybridized carbons (Fsp3) is 0.238. The predicted octanol–water partition coefficient (Wildman–Crippen LogP) is 3.53. The minimum Gasteiger partial charge on any atom is -0.505 e. The largest absolute Gasteiger partial charge is 0.505 e. The lowest BCUT2D eigenvalue weighted by Gasteiger charge is -2.25. The number of aromatic hydroxyl groups is 1. The lowest BCUT2D eigenvalue weighted by atomic mass is 9.85. The lowest BCUT2D eigenvalue weighted by molar-refractivity contribution is 0.0931. The van der Waals surface area contributed by atoms with Crippen molar-refractivity contribution in [2.45, 2.75) is 19.3 Å². The topological polar surface area (TPSA) is 108 Å². The van der Waals surface area contributed by atoms with Crippen molar-refractivity contribution >= 4 is 16.7 Å². The molecule has 0 radical (unpaired) electrons. The Morgan fingerprint density at radius 2 is 2.14 bits per heavy atom. The SMILES string of the molecule is N#Cc1nc(C(=O)NCC2CCC2)c(O)c2ccc(Oc3cccnc3)cc12. The first-order valence-electron chi connectivity index (χ1n) is 9.08. The number of hydrogen-bond donors (Lipinski definition) is 2. The molecule has 7 heteroatoms. The Labute approximate surface area is 161 Å². The van der Waals surface area contributed by atoms with Crippen LogP contribution in [0.3, 0.4) is 0 Å². The van der Waals surface area contributed by atoms with E-state index >= 15 is 0 Å². The molecule has 28 heavy (non-hydrogen) atoms. The number of nitrogens with one attached hydrogen (secondary N) is 1. The molecule has 2 N–H and O–H groups in total. The average Bonchev–Trinajstić information content (AvgIpc) is 2.68. The number of ether oxygens (including phenoxy) is 1. The average molecular weight is 374 g/mol. The maximum absolute atomic E-state index is 12.5. The number of nitrogens with zero attached hydrogens (tertiary/aromatic N) is 3. The van der Waals surface area contributed by atoms with Crippen molar-refractivity contribution in [1.29, 1.82) is 5.26 Å². The molecule has 1 aromatic carbocycles. The highest BCUT2D eigenvalue weighted by atomic mass is 16.5. The Balaban J connectivity index is 1.66. The van der Waals surface area contributed by atoms with Crippen molar-refractivity contribution < 1.29 is 14.6 Å². The number of fused-ring (bicyclic) bond motifs is 1. The first-order valence-corrected chi connectivity index (χ1v) is 9.08. The molecule has 1 aliphatic rings. The highest BCUT2D eigenvalue weighted by Gasteiger charge is 2.22. The minimum absolute atomic E-state index is 0.0539. The van der Waals surface area contributed by atoms with Gasteiger partial charge in [-0.1, -0.05) is 6.42 Å². The van der Waals surface area contributed by atoms with Gasteiger partial charge in [0.25, 0.3) is 5.91 Å². The van der Waals surface area contributed by atoms with Gasteiger partial charge < -0.3 is 15.2 Å². The van der Waals surface area contributed by atoms with Crippen molar-refractivity contribution in [3.8, 4) is 23.3 Å². The van der Waals surface area contributed by atoms with Crippen LogP contribution in [0.1, 0.15) is 35.4 Å². The quantitative estimate of drug-likeness (QED) is 0.707. The van der Waals surface area contributed by atoms with Crippen LogP contribution in [-0.4, -0.2) is 27.5 Å². The zero-order chi connectivity index (χ0) is 19.5. The Hall–Kier alpha value is -3.66. The summed E-state index contributed by atoms with van der Waals surface area (Å²) in [5.41, 5.74) is -0.0810. The van der Waals surface area contributed by atoms with Crippen LogP contribution in [0.5, 0.6) is 17.2 Å². The third-order valence-electron chi connectivity index (χ3n) is 4.92. The van der Waals surface area contributed by atoms with E-state index in [1.807, 2.05) is 6.07 Å². The van der Waals surface area contributed by atoms with Crippen molar-refractivity contribution in [3.05, 3.63) is 54.1 Å². The van der Waals surface area contributed by atoms with Gasteiger partial charge in [0.05, 0.1) is 6.20 Å². The van der Waals surface area contributed by atoms with Crippen LogP contribution in [0.2, 0.25) is 0 Å². The zero-order valence-electron chi connectivity index (χ0n) is 15.1. The van der Waals surface area contributed by atoms with Gasteiger partial charge in [-0.15, -0.1) is 0 Å². The standard InChI is InChI=1S/C21H18N4O3/c22-10-18-17-9-14(28-15-5-2-8-23-12-15)6-7-16(17)20(26)19(25-18)21(27)24-11-13-3-1-4-13/h2,5-9,12-13,26H,1,3-4,11H2,(H,24,27). The van der Waals surface area contributed by atoms with Crippen LogP contribution in [-0.2, 0) is 0 Å². The number of carbonyl (C=O) groups excluding carboxylic acids is 1. The van der Waals surface area contributed by atoms with E-state index in [0.717, 1.165) is 12.8 Å². The molecule has 1 saturated carbocycles. The maximum Gasteiger partial charge on any atom is 0.273 e. The molecular weight excluding hydrogens is 356 g/mol. The van der Waals surface area contributed by atoms with Crippen molar-refractivity contribution in [2.75, 3.05) is 6.54 Å². The molecule has 1 aliphatic carbocycles. The van der Waals surface area contributed by atoms with Gasteiger partial charge in [0.2, 0.25) is 0 Å². The van der Waals surface area contributed by atoms with Gasteiger partial charge in [0.1, 0.15) is 23.3 Å². The Bertz CT molecular complexity index is 1070. The molecule has 2 aromatic heterocycles. The molecule has 0 atom stereocenters. The highest BCUT2D eigenvalue weighted by Crippen LogP contribution is 2.33. The van der Waals surface area contributed by atoms with Crippen molar-refractivity contribution in [2.24, 2.45) is 5.92 Å². The van der Waals surface area contributed by atoms with E-state index in [1.165, 1.54) is 6.42 Å². The Morgan fingerprint density at radius 1 is 1.29 bits per heavy atom. The summed E-state index contributed by atoms with van der Waals surface area (Å²) in [6.07, 6.45) is 6.59. The number of pyridine rings is 2. The summed E-state index contributed by atoms with van der Waals surface area (Å²) >= 11 is 0. The summed E-state index contributed by atoms with van der Waals surface area (Å²) in [7, 11) is 0. The third-order valence-corrected chi connectivity index (χ3v) is 4.92. The first-order chi connectivity index (χ1) is 13.7. The van der Waals surface area contributed by atoms with Gasteiger partial charge in [0, 0.05) is 23.5 Å². The summed E-state index contributed by atoms with van der Waals surface area (Å²) in [6, 6.07) is 10.4. The number of aromatic nitrogens is 2. The van der Waals surface area contributed by atoms with Crippen molar-refractivity contribution in [3.63, 3.8) is 0 Å². The van der Waals surface area contributed by atoms with Gasteiger partial charge >= 0.3 is 0 Å². The molecule has 0 aliphatic heterocycles. The summed E-state index contributed by atoms with van der Waals surface area (Å²) in [4.78, 5) is 20.5. The smallest absolute Gasteiger partial charge is 0.273 e. The number of nitriles is 1. The highest BCUT2D eigenvalue weighted by molar-refractivity contribution is 6.03. The molecule has 140 valence electrons. The first kappa shape index (κ1) is 17.7. The van der Waals surface area contributed by atoms with Gasteiger partial charge in [-0.2, -0.15) is 5.26 Å². The molecule has 0 bridgehead atoms. The molecule has 4 rings (SSSR count). The van der Waals surface area contributed by atoms with Gasteiger partial charge in [0.15, 0.2) is 11.4 Å². The molecule has 1 amide bonds. The van der Waals surface area contributed by atoms with Crippen LogP contribution in [0, 0.1) is 17.2 Å². The minimum atomic E-state index is -0.474. The third kappa shape index (κ3) is 3.45. The van der Waals surface area contributed by atoms with Crippen LogP contribution in [0.4, 0.5) is 0 Å². The molecule has 7 nitrogen and oxygen atoms in total. The van der Waals surface area contributed by atoms with E-state index in [1.54, 1.807) is 42.7 Å². The lowest BCUT2D eigenvalue weighted by Crippen LogP contribution is -2.32. The second-order valence-electron chi connectivity index (χ2n) is 6.77. The van der Waals surface area contributed by atoms with Crippen LogP contribution < -0.4 is 10.1 Å². The van der Waals surface area contributed by atoms with Crippen LogP contribution >= 0.6 is 0 Å². The monoisotopic (exact) mass is 374 g/mol. The summed E-state index contributed by atoms with van der Waals surface area (Å²) < 4.78 is 5.73. The van der Waals surface area contributed by atoms with Crippen LogP contribution in [0.25, 0.3) is 10.8 Å². The number of amides is 1. The van der Waals surface area contributed by atoms with Crippen LogP contribution in [0.15, 0.2) is 42.7 Å². The summed E-state index contributed by atoms with van der Waals surface area (Å²) in [5, 5.41) is 23.7. The molecular formula is C21H18N4O3. The molecule has 0 saturated heterocycles. The van der Waals surface area contributed by atoms with Crippen molar-refractivity contribution in [1.82, 2.24) is 15.3 Å². The molecule has 0 spiro atoms. The van der Waals surface area contributed by atoms with E-state index in [0.29, 0.717) is 34.7 Å². The Kier molecular flexibility index (Phi) is 4.77. The summed E-state index contributed by atoms with van der Waals surface area (Å²) in [6.45, 7) is 0.553. The van der Waals surface area contributed by atoms with Gasteiger partial charge in [-0.3, -0.25) is 9.78 Å². The van der Waals surface area contributed by atoms with Gasteiger partial charge in [-0.25, -0.2) is 4.98 Å². The second-order valence-corrected chi connectivity index (χ2v) is 6.77. The maximum atomic E-state index is 12.5. The summed E-state index contributed by atoms with van der Waals surface area (Å²) in [5.74, 6) is 0.783. The number of rotatable bonds is 5. The molecule has 1 fully saturated rings. The number of hydrogen-bond acceptors (Lipinski definition) is 6. The van der Waals surface area contributed by atoms with Gasteiger partial charge in [-0.05, 0) is 49.1 Å². The fourth-order valence-corrected chi connectivity index (χ4v) is 3.15. The normalized spacial score (nSPS) is 13.5. The number of carbonyl (C=O) groups is 1. The molecule has 2 heterocycles. The molecule has 3 aromatic rings. The van der Waals surface area contributed by atoms with E-state index in [-0.39, 0.29) is 17.1 Å². The van der Waals surface area contributed by atoms with E-state index in [2.05, 4.69) is 15.3 Å². The van der Waals surface area contributed by atoms with E-state index in [4.69, 9.17) is 4.74 Å². The van der Waals surface area contributed by atoms with E-state index in [9.17, 15) is 15.2 Å². The number of benzene rings is 1. The second kappa shape index (κ2) is 7.53.